The zero-order valence-corrected chi connectivity index (χ0v) is 19.0. The van der Waals surface area contributed by atoms with Gasteiger partial charge in [0.15, 0.2) is 0 Å². The van der Waals surface area contributed by atoms with Crippen molar-refractivity contribution < 1.29 is 4.79 Å². The predicted octanol–water partition coefficient (Wildman–Crippen LogP) is 5.44. The second-order valence-corrected chi connectivity index (χ2v) is 9.20. The molecule has 2 aliphatic rings. The van der Waals surface area contributed by atoms with Gasteiger partial charge in [-0.05, 0) is 55.3 Å². The summed E-state index contributed by atoms with van der Waals surface area (Å²) >= 11 is 14.0. The molecule has 158 valence electrons. The quantitative estimate of drug-likeness (QED) is 0.495. The van der Waals surface area contributed by atoms with Crippen molar-refractivity contribution in [1.29, 1.82) is 0 Å². The minimum Gasteiger partial charge on any atom is -0.324 e. The second-order valence-electron chi connectivity index (χ2n) is 7.45. The van der Waals surface area contributed by atoms with E-state index in [1.807, 2.05) is 6.07 Å². The van der Waals surface area contributed by atoms with Gasteiger partial charge in [0.1, 0.15) is 5.03 Å². The first-order valence-electron chi connectivity index (χ1n) is 9.90. The van der Waals surface area contributed by atoms with E-state index < -0.39 is 0 Å². The van der Waals surface area contributed by atoms with E-state index in [2.05, 4.69) is 39.7 Å². The lowest BCUT2D eigenvalue weighted by molar-refractivity contribution is 0.0985. The van der Waals surface area contributed by atoms with Crippen molar-refractivity contribution in [1.82, 2.24) is 15.3 Å². The Morgan fingerprint density at radius 2 is 2.03 bits per heavy atom. The van der Waals surface area contributed by atoms with E-state index in [9.17, 15) is 4.79 Å². The van der Waals surface area contributed by atoms with Crippen molar-refractivity contribution in [3.05, 3.63) is 69.3 Å². The van der Waals surface area contributed by atoms with Gasteiger partial charge in [-0.25, -0.2) is 9.97 Å². The molecule has 3 aromatic rings. The highest BCUT2D eigenvalue weighted by Crippen LogP contribution is 2.39. The summed E-state index contributed by atoms with van der Waals surface area (Å²) in [6, 6.07) is 11.8. The number of carbonyl (C=O) groups is 1. The normalized spacial score (nSPS) is 17.8. The van der Waals surface area contributed by atoms with Gasteiger partial charge in [0.05, 0.1) is 27.2 Å². The van der Waals surface area contributed by atoms with Crippen LogP contribution in [-0.4, -0.2) is 28.3 Å². The van der Waals surface area contributed by atoms with Gasteiger partial charge in [-0.3, -0.25) is 9.69 Å². The van der Waals surface area contributed by atoms with Crippen LogP contribution in [0.3, 0.4) is 0 Å². The number of anilines is 3. The van der Waals surface area contributed by atoms with Crippen molar-refractivity contribution >= 4 is 58.2 Å². The summed E-state index contributed by atoms with van der Waals surface area (Å²) in [4.78, 5) is 23.6. The van der Waals surface area contributed by atoms with Crippen molar-refractivity contribution in [2.45, 2.75) is 24.4 Å². The molecule has 2 N–H and O–H groups in total. The van der Waals surface area contributed by atoms with Crippen LogP contribution < -0.4 is 15.5 Å². The summed E-state index contributed by atoms with van der Waals surface area (Å²) in [5.41, 5.74) is 4.51. The lowest BCUT2D eigenvalue weighted by Gasteiger charge is -2.28. The zero-order valence-electron chi connectivity index (χ0n) is 16.7. The Balaban J connectivity index is 1.40. The molecule has 3 heterocycles. The van der Waals surface area contributed by atoms with E-state index in [0.29, 0.717) is 44.2 Å². The topological polar surface area (TPSA) is 70.2 Å². The highest BCUT2D eigenvalue weighted by Gasteiger charge is 2.30. The number of hydrogen-bond acceptors (Lipinski definition) is 6. The van der Waals surface area contributed by atoms with Gasteiger partial charge in [-0.1, -0.05) is 47.1 Å². The summed E-state index contributed by atoms with van der Waals surface area (Å²) in [6.45, 7) is 3.16. The maximum Gasteiger partial charge on any atom is 0.263 e. The van der Waals surface area contributed by atoms with Crippen LogP contribution >= 0.6 is 35.0 Å². The number of aromatic nitrogens is 2. The van der Waals surface area contributed by atoms with Crippen molar-refractivity contribution in [2.24, 2.45) is 0 Å². The lowest BCUT2D eigenvalue weighted by atomic mass is 9.95. The second kappa shape index (κ2) is 8.31. The minimum absolute atomic E-state index is 0.219. The molecule has 0 fully saturated rings. The van der Waals surface area contributed by atoms with E-state index in [-0.39, 0.29) is 5.91 Å². The SMILES string of the molecule is CC1NCCc2ccc(Nc3ncc4c(n3)SCN(c3c(Cl)cccc3Cl)C4=O)cc21. The molecule has 6 nitrogen and oxygen atoms in total. The predicted molar refractivity (Wildman–Crippen MR) is 126 cm³/mol. The summed E-state index contributed by atoms with van der Waals surface area (Å²) in [6.07, 6.45) is 2.58. The molecule has 2 aromatic carbocycles. The van der Waals surface area contributed by atoms with Crippen LogP contribution in [0.15, 0.2) is 47.6 Å². The third-order valence-corrected chi connectivity index (χ3v) is 7.06. The van der Waals surface area contributed by atoms with E-state index in [4.69, 9.17) is 23.2 Å². The van der Waals surface area contributed by atoms with Gasteiger partial charge in [0.2, 0.25) is 5.95 Å². The van der Waals surface area contributed by atoms with E-state index in [0.717, 1.165) is 18.7 Å². The number of thioether (sulfide) groups is 1. The molecule has 5 rings (SSSR count). The van der Waals surface area contributed by atoms with Crippen LogP contribution in [0.4, 0.5) is 17.3 Å². The molecule has 1 unspecified atom stereocenters. The number of nitrogens with one attached hydrogen (secondary N) is 2. The fourth-order valence-electron chi connectivity index (χ4n) is 3.89. The Labute approximate surface area is 194 Å². The van der Waals surface area contributed by atoms with Gasteiger partial charge in [0, 0.05) is 17.9 Å². The number of carbonyl (C=O) groups excluding carboxylic acids is 1. The van der Waals surface area contributed by atoms with Crippen LogP contribution in [0, 0.1) is 0 Å². The summed E-state index contributed by atoms with van der Waals surface area (Å²) in [5, 5.41) is 8.24. The summed E-state index contributed by atoms with van der Waals surface area (Å²) in [5.74, 6) is 0.608. The monoisotopic (exact) mass is 471 g/mol. The number of rotatable bonds is 3. The first-order chi connectivity index (χ1) is 15.0. The minimum atomic E-state index is -0.219. The number of amides is 1. The highest BCUT2D eigenvalue weighted by atomic mass is 35.5. The summed E-state index contributed by atoms with van der Waals surface area (Å²) in [7, 11) is 0. The maximum absolute atomic E-state index is 13.1. The molecule has 0 bridgehead atoms. The smallest absolute Gasteiger partial charge is 0.263 e. The molecule has 1 aromatic heterocycles. The number of hydrogen-bond donors (Lipinski definition) is 2. The van der Waals surface area contributed by atoms with Gasteiger partial charge >= 0.3 is 0 Å². The van der Waals surface area contributed by atoms with Crippen LogP contribution in [-0.2, 0) is 6.42 Å². The Kier molecular flexibility index (Phi) is 5.52. The van der Waals surface area contributed by atoms with Crippen molar-refractivity contribution in [2.75, 3.05) is 22.6 Å². The highest BCUT2D eigenvalue weighted by molar-refractivity contribution is 7.99. The van der Waals surface area contributed by atoms with E-state index in [1.54, 1.807) is 29.3 Å². The van der Waals surface area contributed by atoms with Gasteiger partial charge in [0.25, 0.3) is 5.91 Å². The fourth-order valence-corrected chi connectivity index (χ4v) is 5.44. The number of benzene rings is 2. The molecule has 1 amide bonds. The molecule has 9 heteroatoms. The molecular formula is C22H19Cl2N5OS. The maximum atomic E-state index is 13.1. The first-order valence-corrected chi connectivity index (χ1v) is 11.6. The fraction of sp³-hybridized carbons (Fsp3) is 0.227. The number of halogens is 2. The van der Waals surface area contributed by atoms with E-state index in [1.165, 1.54) is 22.9 Å². The molecule has 0 radical (unpaired) electrons. The Bertz CT molecular complexity index is 1170. The summed E-state index contributed by atoms with van der Waals surface area (Å²) < 4.78 is 0. The molecule has 0 saturated carbocycles. The van der Waals surface area contributed by atoms with Crippen molar-refractivity contribution in [3.8, 4) is 0 Å². The van der Waals surface area contributed by atoms with Crippen molar-refractivity contribution in [3.63, 3.8) is 0 Å². The zero-order chi connectivity index (χ0) is 21.5. The molecule has 1 atom stereocenters. The molecular weight excluding hydrogens is 453 g/mol. The first kappa shape index (κ1) is 20.6. The van der Waals surface area contributed by atoms with Crippen LogP contribution in [0.2, 0.25) is 10.0 Å². The van der Waals surface area contributed by atoms with Crippen LogP contribution in [0.5, 0.6) is 0 Å². The lowest BCUT2D eigenvalue weighted by Crippen LogP contribution is -2.35. The van der Waals surface area contributed by atoms with Crippen LogP contribution in [0.1, 0.15) is 34.5 Å². The Hall–Kier alpha value is -2.32. The van der Waals surface area contributed by atoms with Gasteiger partial charge in [-0.2, -0.15) is 0 Å². The number of fused-ring (bicyclic) bond motifs is 2. The third-order valence-electron chi connectivity index (χ3n) is 5.48. The third kappa shape index (κ3) is 3.87. The number of nitrogens with zero attached hydrogens (tertiary/aromatic N) is 3. The molecule has 2 aliphatic heterocycles. The molecule has 0 saturated heterocycles. The van der Waals surface area contributed by atoms with Gasteiger partial charge in [-0.15, -0.1) is 0 Å². The molecule has 0 aliphatic carbocycles. The average Bonchev–Trinajstić information content (AvgIpc) is 2.76. The number of para-hydroxylation sites is 1. The average molecular weight is 472 g/mol. The Morgan fingerprint density at radius 3 is 2.84 bits per heavy atom. The molecule has 31 heavy (non-hydrogen) atoms. The standard InChI is InChI=1S/C22H19Cl2N5OS/c1-12-15-9-14(6-5-13(15)7-8-25-12)27-22-26-10-16-20(28-22)31-11-29(21(16)30)19-17(23)3-2-4-18(19)24/h2-6,9-10,12,25H,7-8,11H2,1H3,(H,26,27,28). The van der Waals surface area contributed by atoms with E-state index >= 15 is 0 Å². The Morgan fingerprint density at radius 1 is 1.23 bits per heavy atom. The van der Waals surface area contributed by atoms with Crippen LogP contribution in [0.25, 0.3) is 0 Å². The largest absolute Gasteiger partial charge is 0.324 e. The van der Waals surface area contributed by atoms with Gasteiger partial charge < -0.3 is 10.6 Å². The molecule has 0 spiro atoms.